The number of hydrogen-bond donors (Lipinski definition) is 2. The zero-order chi connectivity index (χ0) is 29.6. The number of nitrogens with zero attached hydrogens (tertiary/aromatic N) is 3. The van der Waals surface area contributed by atoms with Gasteiger partial charge in [0.1, 0.15) is 5.84 Å². The highest BCUT2D eigenvalue weighted by molar-refractivity contribution is 7.90. The molecule has 0 unspecified atom stereocenters. The maximum atomic E-state index is 12.9. The molecule has 0 radical (unpaired) electrons. The van der Waals surface area contributed by atoms with E-state index in [1.54, 1.807) is 55.8 Å². The first-order valence-corrected chi connectivity index (χ1v) is 15.0. The highest BCUT2D eigenvalue weighted by Gasteiger charge is 2.16. The van der Waals surface area contributed by atoms with Crippen LogP contribution in [0.15, 0.2) is 93.8 Å². The molecular formula is C31H33N5O4S. The molecular weight excluding hydrogens is 538 g/mol. The molecule has 0 atom stereocenters. The molecule has 4 aromatic rings. The zero-order valence-corrected chi connectivity index (χ0v) is 24.1. The number of nitrogens with one attached hydrogen (secondary N) is 1. The Morgan fingerprint density at radius 3 is 2.51 bits per heavy atom. The molecule has 2 heterocycles. The number of sulfone groups is 1. The second kappa shape index (κ2) is 12.7. The summed E-state index contributed by atoms with van der Waals surface area (Å²) in [5.41, 5.74) is 11.0. The average molecular weight is 572 g/mol. The molecule has 1 amide bonds. The van der Waals surface area contributed by atoms with Crippen LogP contribution in [0.25, 0.3) is 0 Å². The smallest absolute Gasteiger partial charge is 0.251 e. The van der Waals surface area contributed by atoms with Crippen molar-refractivity contribution in [1.82, 2.24) is 14.9 Å². The number of hydrogen-bond acceptors (Lipinski definition) is 6. The Hall–Kier alpha value is -4.57. The van der Waals surface area contributed by atoms with Crippen LogP contribution in [0.1, 0.15) is 50.8 Å². The fourth-order valence-corrected chi connectivity index (χ4v) is 5.56. The molecule has 41 heavy (non-hydrogen) atoms. The van der Waals surface area contributed by atoms with Crippen molar-refractivity contribution < 1.29 is 13.2 Å². The number of aromatic nitrogens is 2. The lowest BCUT2D eigenvalue weighted by Crippen LogP contribution is -2.23. The van der Waals surface area contributed by atoms with E-state index in [4.69, 9.17) is 5.73 Å². The molecule has 212 valence electrons. The van der Waals surface area contributed by atoms with Gasteiger partial charge in [-0.15, -0.1) is 0 Å². The highest BCUT2D eigenvalue weighted by Crippen LogP contribution is 2.21. The van der Waals surface area contributed by atoms with Crippen molar-refractivity contribution in [3.8, 4) is 0 Å². The predicted octanol–water partition coefficient (Wildman–Crippen LogP) is 3.11. The number of pyridine rings is 2. The van der Waals surface area contributed by atoms with E-state index in [0.717, 1.165) is 34.9 Å². The number of rotatable bonds is 10. The first-order chi connectivity index (χ1) is 19.6. The van der Waals surface area contributed by atoms with Crippen molar-refractivity contribution in [2.75, 3.05) is 13.3 Å². The number of aryl methyl sites for hydroxylation is 1. The van der Waals surface area contributed by atoms with Gasteiger partial charge in [0, 0.05) is 61.5 Å². The van der Waals surface area contributed by atoms with Crippen LogP contribution < -0.4 is 16.6 Å². The summed E-state index contributed by atoms with van der Waals surface area (Å²) in [7, 11) is -1.91. The van der Waals surface area contributed by atoms with Gasteiger partial charge in [-0.2, -0.15) is 0 Å². The fourth-order valence-electron chi connectivity index (χ4n) is 4.59. The molecule has 4 rings (SSSR count). The van der Waals surface area contributed by atoms with Crippen molar-refractivity contribution in [2.24, 2.45) is 10.7 Å². The number of aliphatic imine (C=N–C) groups is 1. The van der Waals surface area contributed by atoms with E-state index in [9.17, 15) is 18.0 Å². The third kappa shape index (κ3) is 7.34. The van der Waals surface area contributed by atoms with E-state index in [2.05, 4.69) is 15.3 Å². The predicted molar refractivity (Wildman–Crippen MR) is 160 cm³/mol. The molecule has 2 aromatic heterocycles. The van der Waals surface area contributed by atoms with Crippen molar-refractivity contribution in [3.05, 3.63) is 129 Å². The molecule has 10 heteroatoms. The second-order valence-corrected chi connectivity index (χ2v) is 11.7. The first-order valence-electron chi connectivity index (χ1n) is 13.1. The summed E-state index contributed by atoms with van der Waals surface area (Å²) in [6.45, 7) is 2.52. The van der Waals surface area contributed by atoms with Crippen LogP contribution in [0.3, 0.4) is 0 Å². The lowest BCUT2D eigenvalue weighted by molar-refractivity contribution is 0.0950. The van der Waals surface area contributed by atoms with Crippen LogP contribution in [-0.4, -0.2) is 43.0 Å². The Bertz CT molecular complexity index is 1780. The third-order valence-electron chi connectivity index (χ3n) is 6.76. The Kier molecular flexibility index (Phi) is 9.14. The molecule has 9 nitrogen and oxygen atoms in total. The van der Waals surface area contributed by atoms with Gasteiger partial charge in [0.25, 0.3) is 11.5 Å². The van der Waals surface area contributed by atoms with Crippen LogP contribution in [0.5, 0.6) is 0 Å². The molecule has 3 N–H and O–H groups in total. The maximum absolute atomic E-state index is 12.9. The van der Waals surface area contributed by atoms with Gasteiger partial charge in [0.2, 0.25) is 0 Å². The van der Waals surface area contributed by atoms with Crippen LogP contribution >= 0.6 is 0 Å². The lowest BCUT2D eigenvalue weighted by atomic mass is 10.0. The zero-order valence-electron chi connectivity index (χ0n) is 23.3. The Labute approximate surface area is 239 Å². The normalized spacial score (nSPS) is 11.8. The van der Waals surface area contributed by atoms with E-state index in [1.165, 1.54) is 10.6 Å². The monoisotopic (exact) mass is 571 g/mol. The quantitative estimate of drug-likeness (QED) is 0.222. The van der Waals surface area contributed by atoms with Crippen LogP contribution in [0, 0.1) is 0 Å². The SMILES string of the molecule is CCc1cc(CNC(=O)c2ccnc(Cc3ccc(Cn4ccccc4=O)c(S(C)(=O)=O)c3)c2)ccc1C(N)=NC. The molecule has 0 bridgehead atoms. The summed E-state index contributed by atoms with van der Waals surface area (Å²) in [6.07, 6.45) is 5.45. The van der Waals surface area contributed by atoms with Gasteiger partial charge in [-0.3, -0.25) is 19.6 Å². The summed E-state index contributed by atoms with van der Waals surface area (Å²) in [4.78, 5) is 33.7. The van der Waals surface area contributed by atoms with Gasteiger partial charge in [0.05, 0.1) is 11.4 Å². The summed E-state index contributed by atoms with van der Waals surface area (Å²) in [5.74, 6) is 0.234. The first kappa shape index (κ1) is 29.4. The summed E-state index contributed by atoms with van der Waals surface area (Å²) in [5, 5.41) is 2.95. The number of benzene rings is 2. The van der Waals surface area contributed by atoms with Crippen LogP contribution in [0.4, 0.5) is 0 Å². The summed E-state index contributed by atoms with van der Waals surface area (Å²) in [6, 6.07) is 19.1. The number of carbonyl (C=O) groups is 1. The topological polar surface area (TPSA) is 137 Å². The van der Waals surface area contributed by atoms with Gasteiger partial charge in [-0.1, -0.05) is 43.3 Å². The fraction of sp³-hybridized carbons (Fsp3) is 0.226. The van der Waals surface area contributed by atoms with Crippen molar-refractivity contribution in [1.29, 1.82) is 0 Å². The second-order valence-electron chi connectivity index (χ2n) is 9.73. The third-order valence-corrected chi connectivity index (χ3v) is 7.93. The molecule has 0 aliphatic rings. The Balaban J connectivity index is 1.49. The minimum absolute atomic E-state index is 0.137. The Morgan fingerprint density at radius 2 is 1.80 bits per heavy atom. The largest absolute Gasteiger partial charge is 0.384 e. The molecule has 0 aliphatic heterocycles. The summed E-state index contributed by atoms with van der Waals surface area (Å²) >= 11 is 0. The molecule has 0 saturated carbocycles. The number of amides is 1. The van der Waals surface area contributed by atoms with Gasteiger partial charge < -0.3 is 15.6 Å². The van der Waals surface area contributed by atoms with E-state index in [-0.39, 0.29) is 22.9 Å². The van der Waals surface area contributed by atoms with Crippen molar-refractivity contribution in [2.45, 2.75) is 37.8 Å². The highest BCUT2D eigenvalue weighted by atomic mass is 32.2. The van der Waals surface area contributed by atoms with Crippen molar-refractivity contribution >= 4 is 21.6 Å². The van der Waals surface area contributed by atoms with E-state index in [1.807, 2.05) is 31.2 Å². The van der Waals surface area contributed by atoms with Gasteiger partial charge >= 0.3 is 0 Å². The summed E-state index contributed by atoms with van der Waals surface area (Å²) < 4.78 is 26.7. The number of carbonyl (C=O) groups excluding carboxylic acids is 1. The average Bonchev–Trinajstić information content (AvgIpc) is 2.96. The molecule has 2 aromatic carbocycles. The maximum Gasteiger partial charge on any atom is 0.251 e. The molecule has 0 aliphatic carbocycles. The molecule has 0 spiro atoms. The minimum Gasteiger partial charge on any atom is -0.384 e. The number of amidine groups is 1. The lowest BCUT2D eigenvalue weighted by Gasteiger charge is -2.13. The van der Waals surface area contributed by atoms with Crippen LogP contribution in [-0.2, 0) is 35.8 Å². The van der Waals surface area contributed by atoms with Crippen LogP contribution in [0.2, 0.25) is 0 Å². The van der Waals surface area contributed by atoms with Gasteiger partial charge in [0.15, 0.2) is 9.84 Å². The molecule has 0 saturated heterocycles. The van der Waals surface area contributed by atoms with E-state index in [0.29, 0.717) is 35.6 Å². The van der Waals surface area contributed by atoms with E-state index < -0.39 is 9.84 Å². The van der Waals surface area contributed by atoms with Crippen molar-refractivity contribution in [3.63, 3.8) is 0 Å². The van der Waals surface area contributed by atoms with E-state index >= 15 is 0 Å². The van der Waals surface area contributed by atoms with Gasteiger partial charge in [-0.05, 0) is 52.9 Å². The minimum atomic E-state index is -3.56. The number of nitrogens with two attached hydrogens (primary N) is 1. The Morgan fingerprint density at radius 1 is 1.02 bits per heavy atom. The van der Waals surface area contributed by atoms with Gasteiger partial charge in [-0.25, -0.2) is 8.42 Å². The molecule has 0 fully saturated rings. The standard InChI is InChI=1S/C31H33N5O4S/c1-4-23-15-22(9-11-27(23)30(32)33-2)19-35-31(38)24-12-13-34-26(18-24)16-21-8-10-25(28(17-21)41(3,39)40)20-36-14-6-5-7-29(36)37/h5-15,17-18H,4,16,19-20H2,1-3H3,(H2,32,33)(H,35,38).